The van der Waals surface area contributed by atoms with Crippen molar-refractivity contribution in [1.29, 1.82) is 0 Å². The Morgan fingerprint density at radius 2 is 1.71 bits per heavy atom. The second-order valence-corrected chi connectivity index (χ2v) is 12.3. The summed E-state index contributed by atoms with van der Waals surface area (Å²) in [5, 5.41) is 2.75. The van der Waals surface area contributed by atoms with Gasteiger partial charge in [0.1, 0.15) is 23.1 Å². The van der Waals surface area contributed by atoms with Crippen LogP contribution in [0.3, 0.4) is 0 Å². The molecule has 0 aliphatic carbocycles. The van der Waals surface area contributed by atoms with Gasteiger partial charge in [-0.25, -0.2) is 22.2 Å². The number of pyridine rings is 1. The fourth-order valence-corrected chi connectivity index (χ4v) is 5.39. The first-order valence-electron chi connectivity index (χ1n) is 13.3. The van der Waals surface area contributed by atoms with E-state index in [1.165, 1.54) is 42.5 Å². The first kappa shape index (κ1) is 31.2. The average molecular weight is 611 g/mol. The number of sulfonamides is 1. The molecule has 2 N–H and O–H groups in total. The van der Waals surface area contributed by atoms with Crippen LogP contribution in [0.2, 0.25) is 0 Å². The largest absolute Gasteiger partial charge is 0.433 e. The molecule has 1 atom stereocenters. The molecule has 1 aliphatic heterocycles. The maximum atomic E-state index is 14.9. The molecule has 4 rings (SSSR count). The summed E-state index contributed by atoms with van der Waals surface area (Å²) in [5.41, 5.74) is -0.124. The summed E-state index contributed by atoms with van der Waals surface area (Å²) in [5.74, 6) is -2.34. The molecule has 0 saturated carbocycles. The Morgan fingerprint density at radius 3 is 2.31 bits per heavy atom. The zero-order valence-electron chi connectivity index (χ0n) is 23.0. The summed E-state index contributed by atoms with van der Waals surface area (Å²) in [6.45, 7) is 2.99. The van der Waals surface area contributed by atoms with Gasteiger partial charge in [0, 0.05) is 25.2 Å². The molecule has 1 saturated heterocycles. The molecular weight excluding hydrogens is 579 g/mol. The lowest BCUT2D eigenvalue weighted by molar-refractivity contribution is -0.141. The lowest BCUT2D eigenvalue weighted by atomic mass is 9.90. The van der Waals surface area contributed by atoms with Gasteiger partial charge < -0.3 is 10.2 Å². The lowest BCUT2D eigenvalue weighted by Crippen LogP contribution is -2.36. The van der Waals surface area contributed by atoms with E-state index in [4.69, 9.17) is 0 Å². The number of carbonyl (C=O) groups excluding carboxylic acids is 1. The lowest BCUT2D eigenvalue weighted by Gasteiger charge is -2.33. The van der Waals surface area contributed by atoms with Gasteiger partial charge in [-0.1, -0.05) is 31.2 Å². The van der Waals surface area contributed by atoms with Crippen LogP contribution in [0.15, 0.2) is 54.6 Å². The van der Waals surface area contributed by atoms with Crippen LogP contribution in [-0.2, 0) is 34.0 Å². The van der Waals surface area contributed by atoms with Crippen LogP contribution in [0.4, 0.5) is 33.5 Å². The number of anilines is 2. The van der Waals surface area contributed by atoms with Crippen molar-refractivity contribution < 1.29 is 35.2 Å². The summed E-state index contributed by atoms with van der Waals surface area (Å²) in [6, 6.07) is 11.2. The maximum absolute atomic E-state index is 14.9. The fraction of sp³-hybridized carbons (Fsp3) is 0.379. The highest BCUT2D eigenvalue weighted by Gasteiger charge is 2.34. The van der Waals surface area contributed by atoms with Crippen LogP contribution in [0.1, 0.15) is 48.1 Å². The number of halogens is 5. The monoisotopic (exact) mass is 610 g/mol. The van der Waals surface area contributed by atoms with Gasteiger partial charge in [0.25, 0.3) is 0 Å². The number of hydrogen-bond acceptors (Lipinski definition) is 5. The number of benzene rings is 2. The number of nitrogens with one attached hydrogen (secondary N) is 2. The standard InChI is InChI=1S/C29H31F5N4O3S/c1-18-11-13-38(14-12-18)27-21(6-10-26(36-27)29(32,33)34)17-35-28(39)23(15-19-3-7-22(30)8-4-19)20-5-9-25(24(31)16-20)37-42(2,40)41/h3-10,16,18,23,37H,11-15,17H2,1-2H3,(H,35,39). The van der Waals surface area contributed by atoms with Crippen molar-refractivity contribution in [2.75, 3.05) is 29.0 Å². The SMILES string of the molecule is CC1CCN(c2nc(C(F)(F)F)ccc2CNC(=O)C(Cc2ccc(F)cc2)c2ccc(NS(C)(=O)=O)c(F)c2)CC1. The highest BCUT2D eigenvalue weighted by Crippen LogP contribution is 2.32. The molecule has 2 aromatic carbocycles. The fourth-order valence-electron chi connectivity index (χ4n) is 4.82. The number of hydrogen-bond donors (Lipinski definition) is 2. The maximum Gasteiger partial charge on any atom is 0.433 e. The molecule has 0 spiro atoms. The van der Waals surface area contributed by atoms with Crippen molar-refractivity contribution >= 4 is 27.4 Å². The van der Waals surface area contributed by atoms with Crippen molar-refractivity contribution in [3.05, 3.63) is 88.6 Å². The van der Waals surface area contributed by atoms with E-state index in [0.29, 0.717) is 30.1 Å². The van der Waals surface area contributed by atoms with Gasteiger partial charge in [0.05, 0.1) is 17.9 Å². The van der Waals surface area contributed by atoms with Crippen molar-refractivity contribution in [2.45, 2.75) is 44.8 Å². The molecule has 1 fully saturated rings. The first-order valence-corrected chi connectivity index (χ1v) is 15.2. The number of nitrogens with zero attached hydrogens (tertiary/aromatic N) is 2. The zero-order valence-corrected chi connectivity index (χ0v) is 23.8. The topological polar surface area (TPSA) is 91.4 Å². The number of piperidine rings is 1. The zero-order chi connectivity index (χ0) is 30.7. The van der Waals surface area contributed by atoms with Crippen LogP contribution >= 0.6 is 0 Å². The van der Waals surface area contributed by atoms with Crippen molar-refractivity contribution in [2.24, 2.45) is 5.92 Å². The van der Waals surface area contributed by atoms with Crippen molar-refractivity contribution in [3.8, 4) is 0 Å². The second kappa shape index (κ2) is 12.6. The van der Waals surface area contributed by atoms with Gasteiger partial charge >= 0.3 is 6.18 Å². The minimum Gasteiger partial charge on any atom is -0.356 e. The van der Waals surface area contributed by atoms with Crippen LogP contribution in [-0.4, -0.2) is 38.7 Å². The van der Waals surface area contributed by atoms with E-state index in [1.54, 1.807) is 4.90 Å². The Balaban J connectivity index is 1.62. The van der Waals surface area contributed by atoms with Crippen LogP contribution in [0, 0.1) is 17.6 Å². The van der Waals surface area contributed by atoms with Gasteiger partial charge in [-0.05, 0) is 66.6 Å². The molecule has 1 aromatic heterocycles. The third-order valence-corrected chi connectivity index (χ3v) is 7.73. The van der Waals surface area contributed by atoms with E-state index in [2.05, 4.69) is 21.9 Å². The summed E-state index contributed by atoms with van der Waals surface area (Å²) in [4.78, 5) is 19.2. The highest BCUT2D eigenvalue weighted by molar-refractivity contribution is 7.92. The van der Waals surface area contributed by atoms with Gasteiger partial charge in [0.2, 0.25) is 15.9 Å². The van der Waals surface area contributed by atoms with E-state index in [1.807, 2.05) is 0 Å². The molecule has 42 heavy (non-hydrogen) atoms. The number of rotatable bonds is 9. The molecule has 226 valence electrons. The van der Waals surface area contributed by atoms with E-state index in [0.717, 1.165) is 31.2 Å². The Labute approximate surface area is 241 Å². The van der Waals surface area contributed by atoms with E-state index in [-0.39, 0.29) is 30.0 Å². The second-order valence-electron chi connectivity index (χ2n) is 10.6. The molecule has 0 bridgehead atoms. The molecule has 1 unspecified atom stereocenters. The number of carbonyl (C=O) groups is 1. The van der Waals surface area contributed by atoms with Crippen molar-refractivity contribution in [3.63, 3.8) is 0 Å². The third-order valence-electron chi connectivity index (χ3n) is 7.14. The molecule has 2 heterocycles. The number of aromatic nitrogens is 1. The van der Waals surface area contributed by atoms with Gasteiger partial charge in [0.15, 0.2) is 0 Å². The predicted octanol–water partition coefficient (Wildman–Crippen LogP) is 5.63. The Kier molecular flexibility index (Phi) is 9.39. The minimum absolute atomic E-state index is 0.0482. The summed E-state index contributed by atoms with van der Waals surface area (Å²) >= 11 is 0. The third kappa shape index (κ3) is 8.17. The normalized spacial score (nSPS) is 15.4. The predicted molar refractivity (Wildman–Crippen MR) is 149 cm³/mol. The molecule has 1 amide bonds. The Bertz CT molecular complexity index is 1520. The molecule has 3 aromatic rings. The first-order chi connectivity index (χ1) is 19.7. The number of amides is 1. The van der Waals surface area contributed by atoms with E-state index >= 15 is 0 Å². The Hall–Kier alpha value is -3.74. The molecule has 0 radical (unpaired) electrons. The summed E-state index contributed by atoms with van der Waals surface area (Å²) in [7, 11) is -3.76. The quantitative estimate of drug-likeness (QED) is 0.307. The molecule has 7 nitrogen and oxygen atoms in total. The smallest absolute Gasteiger partial charge is 0.356 e. The van der Waals surface area contributed by atoms with Crippen LogP contribution in [0.25, 0.3) is 0 Å². The summed E-state index contributed by atoms with van der Waals surface area (Å²) < 4.78 is 94.0. The summed E-state index contributed by atoms with van der Waals surface area (Å²) in [6.07, 6.45) is -2.13. The molecule has 1 aliphatic rings. The van der Waals surface area contributed by atoms with Gasteiger partial charge in [-0.3, -0.25) is 9.52 Å². The van der Waals surface area contributed by atoms with E-state index in [9.17, 15) is 35.2 Å². The van der Waals surface area contributed by atoms with E-state index < -0.39 is 45.4 Å². The molecular formula is C29H31F5N4O3S. The highest BCUT2D eigenvalue weighted by atomic mass is 32.2. The van der Waals surface area contributed by atoms with Crippen molar-refractivity contribution in [1.82, 2.24) is 10.3 Å². The van der Waals surface area contributed by atoms with Crippen LogP contribution in [0.5, 0.6) is 0 Å². The van der Waals surface area contributed by atoms with Gasteiger partial charge in [-0.2, -0.15) is 13.2 Å². The molecule has 13 heteroatoms. The van der Waals surface area contributed by atoms with Gasteiger partial charge in [-0.15, -0.1) is 0 Å². The Morgan fingerprint density at radius 1 is 1.05 bits per heavy atom. The van der Waals surface area contributed by atoms with Crippen LogP contribution < -0.4 is 14.9 Å². The average Bonchev–Trinajstić information content (AvgIpc) is 2.92. The number of alkyl halides is 3. The minimum atomic E-state index is -4.64.